The summed E-state index contributed by atoms with van der Waals surface area (Å²) in [6.07, 6.45) is 1.21. The van der Waals surface area contributed by atoms with Crippen LogP contribution in [0.5, 0.6) is 5.75 Å². The molecular formula is C13H10N8O3S. The number of nitrogens with two attached hydrogens (primary N) is 1. The molecule has 0 unspecified atom stereocenters. The summed E-state index contributed by atoms with van der Waals surface area (Å²) < 4.78 is 7.28. The van der Waals surface area contributed by atoms with Crippen molar-refractivity contribution in [3.8, 4) is 5.75 Å². The number of benzene rings is 1. The van der Waals surface area contributed by atoms with Gasteiger partial charge in [-0.15, -0.1) is 5.10 Å². The van der Waals surface area contributed by atoms with Gasteiger partial charge in [0.05, 0.1) is 23.0 Å². The van der Waals surface area contributed by atoms with E-state index in [4.69, 9.17) is 10.5 Å². The number of nitrogen functional groups attached to an aromatic ring is 1. The van der Waals surface area contributed by atoms with Crippen molar-refractivity contribution >= 4 is 44.1 Å². The number of hydrogen-bond donors (Lipinski definition) is 3. The van der Waals surface area contributed by atoms with E-state index >= 15 is 0 Å². The molecule has 0 atom stereocenters. The first-order valence-corrected chi connectivity index (χ1v) is 7.72. The van der Waals surface area contributed by atoms with Crippen molar-refractivity contribution in [2.24, 2.45) is 0 Å². The number of nitrogens with one attached hydrogen (secondary N) is 2. The number of methoxy groups -OCH3 is 1. The van der Waals surface area contributed by atoms with Crippen LogP contribution in [0.2, 0.25) is 0 Å². The zero-order chi connectivity index (χ0) is 17.6. The number of aromatic nitrogens is 6. The molecule has 0 fully saturated rings. The van der Waals surface area contributed by atoms with Crippen LogP contribution in [-0.2, 0) is 0 Å². The largest absolute Gasteiger partial charge is 0.495 e. The second kappa shape index (κ2) is 5.52. The molecule has 12 heteroatoms. The minimum atomic E-state index is -0.686. The van der Waals surface area contributed by atoms with Gasteiger partial charge in [-0.3, -0.25) is 19.3 Å². The minimum Gasteiger partial charge on any atom is -0.495 e. The number of fused-ring (bicyclic) bond motifs is 3. The summed E-state index contributed by atoms with van der Waals surface area (Å²) in [5, 5.41) is 15.1. The Morgan fingerprint density at radius 1 is 1.44 bits per heavy atom. The summed E-state index contributed by atoms with van der Waals surface area (Å²) in [6.45, 7) is 0. The van der Waals surface area contributed by atoms with E-state index in [-0.39, 0.29) is 11.5 Å². The lowest BCUT2D eigenvalue weighted by Gasteiger charge is -2.04. The van der Waals surface area contributed by atoms with E-state index in [1.165, 1.54) is 29.0 Å². The number of H-pyrrole nitrogens is 1. The predicted molar refractivity (Wildman–Crippen MR) is 89.9 cm³/mol. The van der Waals surface area contributed by atoms with Crippen LogP contribution < -0.4 is 21.3 Å². The van der Waals surface area contributed by atoms with E-state index in [0.29, 0.717) is 21.9 Å². The van der Waals surface area contributed by atoms with Gasteiger partial charge in [0.1, 0.15) is 11.3 Å². The number of ether oxygens (including phenoxy) is 1. The van der Waals surface area contributed by atoms with Crippen LogP contribution >= 0.6 is 11.3 Å². The highest BCUT2D eigenvalue weighted by Crippen LogP contribution is 2.32. The molecular weight excluding hydrogens is 348 g/mol. The Morgan fingerprint density at radius 3 is 3.00 bits per heavy atom. The maximum absolute atomic E-state index is 12.8. The maximum Gasteiger partial charge on any atom is 0.271 e. The Hall–Kier alpha value is -3.54. The zero-order valence-corrected chi connectivity index (χ0v) is 13.5. The quantitative estimate of drug-likeness (QED) is 0.441. The molecule has 25 heavy (non-hydrogen) atoms. The van der Waals surface area contributed by atoms with Crippen molar-refractivity contribution in [1.82, 2.24) is 30.0 Å². The molecule has 1 amide bonds. The van der Waals surface area contributed by atoms with E-state index < -0.39 is 11.5 Å². The summed E-state index contributed by atoms with van der Waals surface area (Å²) in [6, 6.07) is 3.34. The summed E-state index contributed by atoms with van der Waals surface area (Å²) in [5.41, 5.74) is 6.17. The van der Waals surface area contributed by atoms with Crippen LogP contribution in [-0.4, -0.2) is 43.0 Å². The lowest BCUT2D eigenvalue weighted by molar-refractivity contribution is 0.102. The van der Waals surface area contributed by atoms with Crippen LogP contribution in [0.15, 0.2) is 23.1 Å². The highest BCUT2D eigenvalue weighted by molar-refractivity contribution is 7.23. The number of tetrazole rings is 1. The highest BCUT2D eigenvalue weighted by Gasteiger charge is 2.18. The number of hydrogen-bond acceptors (Lipinski definition) is 9. The van der Waals surface area contributed by atoms with Gasteiger partial charge in [-0.05, 0) is 11.3 Å². The van der Waals surface area contributed by atoms with Gasteiger partial charge in [0.15, 0.2) is 4.96 Å². The molecule has 3 heterocycles. The monoisotopic (exact) mass is 358 g/mol. The summed E-state index contributed by atoms with van der Waals surface area (Å²) in [5.74, 6) is -0.227. The van der Waals surface area contributed by atoms with E-state index in [9.17, 15) is 9.59 Å². The van der Waals surface area contributed by atoms with Crippen molar-refractivity contribution in [3.05, 3.63) is 34.2 Å². The maximum atomic E-state index is 12.8. The van der Waals surface area contributed by atoms with Crippen molar-refractivity contribution in [2.75, 3.05) is 18.2 Å². The van der Waals surface area contributed by atoms with Crippen LogP contribution in [0.4, 0.5) is 11.6 Å². The number of aromatic amines is 1. The Kier molecular flexibility index (Phi) is 3.32. The fraction of sp³-hybridized carbons (Fsp3) is 0.0769. The second-order valence-corrected chi connectivity index (χ2v) is 5.96. The number of anilines is 2. The Morgan fingerprint density at radius 2 is 2.28 bits per heavy atom. The number of carbonyl (C=O) groups is 1. The molecule has 0 aliphatic rings. The van der Waals surface area contributed by atoms with E-state index in [0.717, 1.165) is 4.70 Å². The highest BCUT2D eigenvalue weighted by atomic mass is 32.1. The van der Waals surface area contributed by atoms with Gasteiger partial charge in [0.25, 0.3) is 17.4 Å². The fourth-order valence-electron chi connectivity index (χ4n) is 2.36. The number of amides is 1. The van der Waals surface area contributed by atoms with Gasteiger partial charge in [-0.25, -0.2) is 4.98 Å². The lowest BCUT2D eigenvalue weighted by atomic mass is 10.2. The third-order valence-electron chi connectivity index (χ3n) is 3.50. The average molecular weight is 358 g/mol. The lowest BCUT2D eigenvalue weighted by Crippen LogP contribution is -2.26. The third-order valence-corrected chi connectivity index (χ3v) is 4.52. The molecule has 4 rings (SSSR count). The average Bonchev–Trinajstić information content (AvgIpc) is 3.21. The molecule has 0 spiro atoms. The minimum absolute atomic E-state index is 0.0429. The summed E-state index contributed by atoms with van der Waals surface area (Å²) in [4.78, 5) is 29.7. The van der Waals surface area contributed by atoms with Crippen LogP contribution in [0, 0.1) is 0 Å². The van der Waals surface area contributed by atoms with Crippen molar-refractivity contribution in [3.63, 3.8) is 0 Å². The smallest absolute Gasteiger partial charge is 0.271 e. The van der Waals surface area contributed by atoms with Gasteiger partial charge in [0.2, 0.25) is 0 Å². The first kappa shape index (κ1) is 15.0. The molecule has 0 saturated heterocycles. The third kappa shape index (κ3) is 2.35. The first-order chi connectivity index (χ1) is 12.1. The molecule has 4 N–H and O–H groups in total. The molecule has 0 saturated carbocycles. The van der Waals surface area contributed by atoms with E-state index in [1.807, 2.05) is 0 Å². The van der Waals surface area contributed by atoms with Crippen LogP contribution in [0.1, 0.15) is 10.4 Å². The fourth-order valence-corrected chi connectivity index (χ4v) is 3.36. The normalized spacial score (nSPS) is 11.1. The van der Waals surface area contributed by atoms with Crippen LogP contribution in [0.25, 0.3) is 15.2 Å². The van der Waals surface area contributed by atoms with Crippen molar-refractivity contribution in [2.45, 2.75) is 0 Å². The molecule has 3 aromatic heterocycles. The number of carbonyl (C=O) groups excluding carboxylic acids is 1. The van der Waals surface area contributed by atoms with Crippen molar-refractivity contribution in [1.29, 1.82) is 0 Å². The molecule has 11 nitrogen and oxygen atoms in total. The molecule has 4 aromatic rings. The van der Waals surface area contributed by atoms with Gasteiger partial charge in [-0.1, -0.05) is 16.4 Å². The number of nitrogens with zero attached hydrogens (tertiary/aromatic N) is 5. The Balaban J connectivity index is 1.89. The van der Waals surface area contributed by atoms with Crippen LogP contribution in [0.3, 0.4) is 0 Å². The predicted octanol–water partition coefficient (Wildman–Crippen LogP) is 0.265. The van der Waals surface area contributed by atoms with Gasteiger partial charge >= 0.3 is 0 Å². The van der Waals surface area contributed by atoms with Crippen molar-refractivity contribution < 1.29 is 9.53 Å². The molecule has 0 aliphatic heterocycles. The standard InChI is InChI=1S/C13H10N8O3S/c1-24-8-3-9-7(2-6(8)14)21-11(23)5(4-15-13(21)25-9)10(22)16-12-17-19-20-18-12/h2-4H,14H2,1H3,(H2,16,17,18,19,20,22). The van der Waals surface area contributed by atoms with Gasteiger partial charge in [0, 0.05) is 12.3 Å². The SMILES string of the molecule is COc1cc2sc3ncc(C(=O)Nc4nn[nH]n4)c(=O)n3c2cc1N. The second-order valence-electron chi connectivity index (χ2n) is 4.95. The first-order valence-electron chi connectivity index (χ1n) is 6.91. The van der Waals surface area contributed by atoms with Gasteiger partial charge in [-0.2, -0.15) is 5.21 Å². The Bertz CT molecular complexity index is 1160. The molecule has 0 aliphatic carbocycles. The molecule has 126 valence electrons. The summed E-state index contributed by atoms with van der Waals surface area (Å²) >= 11 is 1.28. The molecule has 0 radical (unpaired) electrons. The van der Waals surface area contributed by atoms with Gasteiger partial charge < -0.3 is 10.5 Å². The topological polar surface area (TPSA) is 153 Å². The summed E-state index contributed by atoms with van der Waals surface area (Å²) in [7, 11) is 1.51. The molecule has 0 bridgehead atoms. The number of thiazole rings is 1. The van der Waals surface area contributed by atoms with E-state index in [2.05, 4.69) is 30.9 Å². The Labute approximate surface area is 142 Å². The van der Waals surface area contributed by atoms with E-state index in [1.54, 1.807) is 12.1 Å². The molecule has 1 aromatic carbocycles. The zero-order valence-electron chi connectivity index (χ0n) is 12.7. The number of rotatable bonds is 3.